The van der Waals surface area contributed by atoms with Gasteiger partial charge in [-0.25, -0.2) is 18.7 Å². The Hall–Kier alpha value is -2.91. The monoisotopic (exact) mass is 379 g/mol. The second-order valence-electron chi connectivity index (χ2n) is 6.09. The number of amides is 2. The van der Waals surface area contributed by atoms with E-state index in [1.807, 2.05) is 0 Å². The van der Waals surface area contributed by atoms with Gasteiger partial charge >= 0.3 is 0 Å². The molecule has 0 aromatic heterocycles. The first-order valence-electron chi connectivity index (χ1n) is 8.13. The number of hydroxylamine groups is 1. The lowest BCUT2D eigenvalue weighted by atomic mass is 9.99. The topological polar surface area (TPSA) is 90.5 Å². The SMILES string of the molecule is O=C(NC(C(=O)NO)c1ccc(-c2cc(F)c(F)c(F)c2)cc1)C1CCN1. The van der Waals surface area contributed by atoms with Crippen molar-refractivity contribution in [1.29, 1.82) is 0 Å². The first-order valence-corrected chi connectivity index (χ1v) is 8.13. The number of hydrogen-bond donors (Lipinski definition) is 4. The largest absolute Gasteiger partial charge is 0.339 e. The molecule has 0 aliphatic carbocycles. The van der Waals surface area contributed by atoms with Crippen molar-refractivity contribution < 1.29 is 28.0 Å². The van der Waals surface area contributed by atoms with Crippen molar-refractivity contribution in [3.8, 4) is 11.1 Å². The van der Waals surface area contributed by atoms with Gasteiger partial charge in [0.05, 0.1) is 6.04 Å². The van der Waals surface area contributed by atoms with Gasteiger partial charge in [-0.1, -0.05) is 24.3 Å². The first-order chi connectivity index (χ1) is 12.9. The Kier molecular flexibility index (Phi) is 5.43. The number of hydrogen-bond acceptors (Lipinski definition) is 4. The van der Waals surface area contributed by atoms with E-state index in [2.05, 4.69) is 10.6 Å². The van der Waals surface area contributed by atoms with Crippen molar-refractivity contribution in [3.63, 3.8) is 0 Å². The molecule has 0 bridgehead atoms. The molecular weight excluding hydrogens is 363 g/mol. The Balaban J connectivity index is 1.84. The van der Waals surface area contributed by atoms with Gasteiger partial charge in [-0.15, -0.1) is 0 Å². The van der Waals surface area contributed by atoms with Gasteiger partial charge in [0.1, 0.15) is 6.04 Å². The predicted molar refractivity (Wildman–Crippen MR) is 89.0 cm³/mol. The highest BCUT2D eigenvalue weighted by Crippen LogP contribution is 2.25. The van der Waals surface area contributed by atoms with Crippen LogP contribution in [-0.4, -0.2) is 29.6 Å². The Bertz CT molecular complexity index is 847. The average molecular weight is 379 g/mol. The van der Waals surface area contributed by atoms with Crippen LogP contribution in [-0.2, 0) is 9.59 Å². The van der Waals surface area contributed by atoms with E-state index < -0.39 is 35.4 Å². The van der Waals surface area contributed by atoms with Crippen LogP contribution in [0.2, 0.25) is 0 Å². The Morgan fingerprint density at radius 1 is 1.07 bits per heavy atom. The van der Waals surface area contributed by atoms with E-state index in [0.717, 1.165) is 12.1 Å². The summed E-state index contributed by atoms with van der Waals surface area (Å²) in [4.78, 5) is 24.0. The van der Waals surface area contributed by atoms with Crippen LogP contribution in [0.4, 0.5) is 13.2 Å². The molecule has 0 radical (unpaired) electrons. The lowest BCUT2D eigenvalue weighted by Crippen LogP contribution is -2.55. The molecule has 0 saturated carbocycles. The summed E-state index contributed by atoms with van der Waals surface area (Å²) in [5.41, 5.74) is 2.34. The van der Waals surface area contributed by atoms with E-state index in [1.54, 1.807) is 0 Å². The summed E-state index contributed by atoms with van der Waals surface area (Å²) in [6.45, 7) is 0.703. The fourth-order valence-electron chi connectivity index (χ4n) is 2.71. The molecule has 1 fully saturated rings. The van der Waals surface area contributed by atoms with Gasteiger partial charge in [0, 0.05) is 0 Å². The van der Waals surface area contributed by atoms with Crippen LogP contribution in [0.5, 0.6) is 0 Å². The fourth-order valence-corrected chi connectivity index (χ4v) is 2.71. The third-order valence-corrected chi connectivity index (χ3v) is 4.36. The first kappa shape index (κ1) is 18.9. The van der Waals surface area contributed by atoms with Crippen LogP contribution in [0.15, 0.2) is 36.4 Å². The number of carbonyl (C=O) groups excluding carboxylic acids is 2. The van der Waals surface area contributed by atoms with Crippen molar-refractivity contribution in [3.05, 3.63) is 59.4 Å². The Morgan fingerprint density at radius 3 is 2.15 bits per heavy atom. The second-order valence-corrected chi connectivity index (χ2v) is 6.09. The number of benzene rings is 2. The maximum Gasteiger partial charge on any atom is 0.270 e. The number of nitrogens with one attached hydrogen (secondary N) is 3. The van der Waals surface area contributed by atoms with Gasteiger partial charge in [0.2, 0.25) is 5.91 Å². The number of rotatable bonds is 5. The van der Waals surface area contributed by atoms with Crippen molar-refractivity contribution in [2.45, 2.75) is 18.5 Å². The minimum atomic E-state index is -1.55. The highest BCUT2D eigenvalue weighted by atomic mass is 19.2. The van der Waals surface area contributed by atoms with E-state index in [9.17, 15) is 22.8 Å². The summed E-state index contributed by atoms with van der Waals surface area (Å²) < 4.78 is 39.9. The Morgan fingerprint density at radius 2 is 1.67 bits per heavy atom. The summed E-state index contributed by atoms with van der Waals surface area (Å²) in [5.74, 6) is -5.41. The predicted octanol–water partition coefficient (Wildman–Crippen LogP) is 1.80. The smallest absolute Gasteiger partial charge is 0.270 e. The second kappa shape index (κ2) is 7.77. The molecule has 2 amide bonds. The van der Waals surface area contributed by atoms with Crippen molar-refractivity contribution in [2.75, 3.05) is 6.54 Å². The maximum atomic E-state index is 13.4. The molecule has 4 N–H and O–H groups in total. The zero-order valence-electron chi connectivity index (χ0n) is 13.9. The molecule has 6 nitrogen and oxygen atoms in total. The molecule has 1 aliphatic rings. The zero-order valence-corrected chi connectivity index (χ0v) is 13.9. The molecule has 27 heavy (non-hydrogen) atoms. The summed E-state index contributed by atoms with van der Waals surface area (Å²) in [6, 6.07) is 6.01. The molecule has 142 valence electrons. The van der Waals surface area contributed by atoms with E-state index in [1.165, 1.54) is 29.7 Å². The molecule has 3 rings (SSSR count). The third kappa shape index (κ3) is 3.93. The van der Waals surface area contributed by atoms with Gasteiger partial charge in [0.25, 0.3) is 5.91 Å². The van der Waals surface area contributed by atoms with Crippen molar-refractivity contribution >= 4 is 11.8 Å². The molecule has 1 aliphatic heterocycles. The molecule has 2 aromatic rings. The average Bonchev–Trinajstić information content (AvgIpc) is 2.62. The van der Waals surface area contributed by atoms with Gasteiger partial charge in [0.15, 0.2) is 17.5 Å². The summed E-state index contributed by atoms with van der Waals surface area (Å²) in [6.07, 6.45) is 0.639. The summed E-state index contributed by atoms with van der Waals surface area (Å²) >= 11 is 0. The standard InChI is InChI=1S/C18H16F3N3O3/c19-12-7-11(8-13(20)15(12)21)9-1-3-10(4-2-9)16(18(26)24-27)23-17(25)14-5-6-22-14/h1-4,7-8,14,16,22,27H,5-6H2,(H,23,25)(H,24,26). The van der Waals surface area contributed by atoms with Crippen LogP contribution in [0.1, 0.15) is 18.0 Å². The van der Waals surface area contributed by atoms with E-state index in [4.69, 9.17) is 5.21 Å². The molecule has 2 atom stereocenters. The fraction of sp³-hybridized carbons (Fsp3) is 0.222. The van der Waals surface area contributed by atoms with E-state index in [-0.39, 0.29) is 11.5 Å². The number of carbonyl (C=O) groups is 2. The van der Waals surface area contributed by atoms with Crippen molar-refractivity contribution in [2.24, 2.45) is 0 Å². The quantitative estimate of drug-likeness (QED) is 0.362. The molecule has 1 saturated heterocycles. The highest BCUT2D eigenvalue weighted by molar-refractivity contribution is 5.90. The van der Waals surface area contributed by atoms with E-state index in [0.29, 0.717) is 24.1 Å². The normalized spacial score (nSPS) is 17.0. The van der Waals surface area contributed by atoms with Crippen LogP contribution in [0, 0.1) is 17.5 Å². The van der Waals surface area contributed by atoms with Crippen LogP contribution in [0.25, 0.3) is 11.1 Å². The molecule has 2 unspecified atom stereocenters. The maximum absolute atomic E-state index is 13.4. The van der Waals surface area contributed by atoms with Crippen molar-refractivity contribution in [1.82, 2.24) is 16.1 Å². The molecule has 1 heterocycles. The van der Waals surface area contributed by atoms with Gasteiger partial charge in [-0.3, -0.25) is 14.8 Å². The molecular formula is C18H16F3N3O3. The lowest BCUT2D eigenvalue weighted by molar-refractivity contribution is -0.136. The van der Waals surface area contributed by atoms with Gasteiger partial charge in [-0.05, 0) is 41.8 Å². The van der Waals surface area contributed by atoms with Crippen LogP contribution < -0.4 is 16.1 Å². The van der Waals surface area contributed by atoms with Gasteiger partial charge < -0.3 is 10.6 Å². The molecule has 2 aromatic carbocycles. The van der Waals surface area contributed by atoms with E-state index >= 15 is 0 Å². The van der Waals surface area contributed by atoms with Crippen LogP contribution >= 0.6 is 0 Å². The minimum Gasteiger partial charge on any atom is -0.339 e. The minimum absolute atomic E-state index is 0.115. The Labute approximate surface area is 152 Å². The van der Waals surface area contributed by atoms with Crippen LogP contribution in [0.3, 0.4) is 0 Å². The number of halogens is 3. The highest BCUT2D eigenvalue weighted by Gasteiger charge is 2.29. The lowest BCUT2D eigenvalue weighted by Gasteiger charge is -2.28. The molecule has 9 heteroatoms. The summed E-state index contributed by atoms with van der Waals surface area (Å²) in [5, 5.41) is 14.3. The summed E-state index contributed by atoms with van der Waals surface area (Å²) in [7, 11) is 0. The van der Waals surface area contributed by atoms with Gasteiger partial charge in [-0.2, -0.15) is 0 Å². The zero-order chi connectivity index (χ0) is 19.6. The third-order valence-electron chi connectivity index (χ3n) is 4.36. The molecule has 0 spiro atoms.